The lowest BCUT2D eigenvalue weighted by Gasteiger charge is -2.26. The normalized spacial score (nSPS) is 13.8. The first-order chi connectivity index (χ1) is 40.5. The molecule has 3 N–H and O–H groups in total. The van der Waals surface area contributed by atoms with E-state index < -0.39 is 20.0 Å². The molecular weight excluding hydrogens is 1040 g/mol. The fraction of sp³-hybridized carbons (Fsp3) is 0.905. The molecule has 3 unspecified atom stereocenters. The number of quaternary nitrogens is 1. The van der Waals surface area contributed by atoms with Crippen molar-refractivity contribution in [2.75, 3.05) is 40.9 Å². The zero-order valence-corrected chi connectivity index (χ0v) is 57.4. The first-order valence-electron chi connectivity index (χ1n) is 36.9. The number of carbonyl (C=O) groups excluding carboxylic acids is 1. The molecular formula is C74H146N2O6P+. The largest absolute Gasteiger partial charge is 0.472 e. The highest BCUT2D eigenvalue weighted by molar-refractivity contribution is 7.47. The van der Waals surface area contributed by atoms with Crippen LogP contribution < -0.4 is 5.32 Å². The molecule has 1 amide bonds. The number of allylic oxidation sites excluding steroid dienone is 6. The lowest BCUT2D eigenvalue weighted by molar-refractivity contribution is -0.870. The Morgan fingerprint density at radius 1 is 0.410 bits per heavy atom. The molecule has 492 valence electrons. The molecule has 0 saturated carbocycles. The minimum absolute atomic E-state index is 0.0776. The van der Waals surface area contributed by atoms with Crippen molar-refractivity contribution in [1.82, 2.24) is 5.32 Å². The number of carbonyl (C=O) groups is 1. The van der Waals surface area contributed by atoms with E-state index in [0.29, 0.717) is 23.9 Å². The third-order valence-electron chi connectivity index (χ3n) is 17.1. The van der Waals surface area contributed by atoms with Gasteiger partial charge in [0.15, 0.2) is 0 Å². The molecule has 0 aromatic carbocycles. The van der Waals surface area contributed by atoms with Crippen LogP contribution in [0.25, 0.3) is 0 Å². The van der Waals surface area contributed by atoms with E-state index in [9.17, 15) is 19.4 Å². The molecule has 9 heteroatoms. The van der Waals surface area contributed by atoms with Gasteiger partial charge in [0.25, 0.3) is 0 Å². The van der Waals surface area contributed by atoms with Crippen LogP contribution in [0.1, 0.15) is 380 Å². The fourth-order valence-electron chi connectivity index (χ4n) is 11.4. The van der Waals surface area contributed by atoms with Gasteiger partial charge in [-0.05, 0) is 51.4 Å². The first kappa shape index (κ1) is 81.7. The number of hydrogen-bond donors (Lipinski definition) is 3. The minimum atomic E-state index is -4.33. The Morgan fingerprint density at radius 2 is 0.687 bits per heavy atom. The maximum atomic E-state index is 13.1. The molecule has 0 aliphatic rings. The van der Waals surface area contributed by atoms with E-state index in [1.165, 1.54) is 302 Å². The number of amides is 1. The third-order valence-corrected chi connectivity index (χ3v) is 18.1. The zero-order chi connectivity index (χ0) is 60.5. The summed E-state index contributed by atoms with van der Waals surface area (Å²) in [7, 11) is 1.64. The number of aliphatic hydroxyl groups excluding tert-OH is 1. The number of nitrogens with one attached hydrogen (secondary N) is 1. The molecule has 0 bridgehead atoms. The Balaban J connectivity index is 3.87. The van der Waals surface area contributed by atoms with Gasteiger partial charge in [-0.2, -0.15) is 0 Å². The quantitative estimate of drug-likeness (QED) is 0.0243. The van der Waals surface area contributed by atoms with Crippen LogP contribution in [0.3, 0.4) is 0 Å². The van der Waals surface area contributed by atoms with E-state index in [0.717, 1.165) is 51.4 Å². The van der Waals surface area contributed by atoms with Crippen molar-refractivity contribution in [1.29, 1.82) is 0 Å². The van der Waals surface area contributed by atoms with Crippen LogP contribution >= 0.6 is 7.82 Å². The highest BCUT2D eigenvalue weighted by Gasteiger charge is 2.28. The number of phosphoric ester groups is 1. The summed E-state index contributed by atoms with van der Waals surface area (Å²) in [6, 6.07) is -0.759. The van der Waals surface area contributed by atoms with Crippen LogP contribution in [0.2, 0.25) is 0 Å². The van der Waals surface area contributed by atoms with Gasteiger partial charge in [0.05, 0.1) is 39.9 Å². The molecule has 0 aromatic rings. The number of nitrogens with zero attached hydrogens (tertiary/aromatic N) is 1. The van der Waals surface area contributed by atoms with E-state index in [1.807, 2.05) is 21.1 Å². The lowest BCUT2D eigenvalue weighted by atomic mass is 10.0. The Hall–Kier alpha value is -1.28. The summed E-state index contributed by atoms with van der Waals surface area (Å²) in [5, 5.41) is 14.1. The second kappa shape index (κ2) is 65.2. The molecule has 0 aromatic heterocycles. The van der Waals surface area contributed by atoms with Crippen molar-refractivity contribution < 1.29 is 32.9 Å². The van der Waals surface area contributed by atoms with Gasteiger partial charge in [-0.3, -0.25) is 13.8 Å². The van der Waals surface area contributed by atoms with Gasteiger partial charge >= 0.3 is 7.82 Å². The maximum absolute atomic E-state index is 13.1. The Labute approximate surface area is 518 Å². The van der Waals surface area contributed by atoms with Crippen molar-refractivity contribution in [3.05, 3.63) is 36.5 Å². The van der Waals surface area contributed by atoms with Crippen molar-refractivity contribution in [3.63, 3.8) is 0 Å². The zero-order valence-electron chi connectivity index (χ0n) is 56.5. The topological polar surface area (TPSA) is 105 Å². The van der Waals surface area contributed by atoms with Gasteiger partial charge < -0.3 is 19.8 Å². The van der Waals surface area contributed by atoms with Crippen LogP contribution in [0.15, 0.2) is 36.5 Å². The van der Waals surface area contributed by atoms with Crippen molar-refractivity contribution in [2.45, 2.75) is 392 Å². The van der Waals surface area contributed by atoms with Gasteiger partial charge in [0, 0.05) is 6.42 Å². The lowest BCUT2D eigenvalue weighted by Crippen LogP contribution is -2.46. The monoisotopic (exact) mass is 1190 g/mol. The molecule has 8 nitrogen and oxygen atoms in total. The number of hydrogen-bond acceptors (Lipinski definition) is 5. The van der Waals surface area contributed by atoms with Gasteiger partial charge in [-0.1, -0.05) is 359 Å². The van der Waals surface area contributed by atoms with Crippen LogP contribution in [0, 0.1) is 0 Å². The van der Waals surface area contributed by atoms with E-state index in [4.69, 9.17) is 9.05 Å². The molecule has 0 aliphatic carbocycles. The van der Waals surface area contributed by atoms with Gasteiger partial charge in [-0.15, -0.1) is 0 Å². The molecule has 3 atom stereocenters. The molecule has 0 spiro atoms. The average molecular weight is 1190 g/mol. The highest BCUT2D eigenvalue weighted by atomic mass is 31.2. The summed E-state index contributed by atoms with van der Waals surface area (Å²) in [6.07, 6.45) is 87.0. The fourth-order valence-corrected chi connectivity index (χ4v) is 12.1. The standard InChI is InChI=1S/C74H145N2O6P/c1-6-8-10-12-14-16-18-20-22-24-26-28-29-30-31-32-33-34-35-36-37-38-39-40-41-42-43-44-45-46-47-48-50-52-54-56-58-60-62-64-66-68-74(78)75-72(71-82-83(79,80)81-70-69-76(3,4)5)73(77)67-65-63-61-59-57-55-53-51-49-27-25-23-21-19-17-15-13-11-9-7-2/h18,20,24,26,29-30,72-73,77H,6-17,19,21-23,25,27-28,31-71H2,1-5H3,(H-,75,78,79,80)/p+1/b20-18-,26-24-,30-29-. The number of likely N-dealkylation sites (N-methyl/N-ethyl adjacent to an activating group) is 1. The predicted octanol–water partition coefficient (Wildman–Crippen LogP) is 23.6. The maximum Gasteiger partial charge on any atom is 0.472 e. The Kier molecular flexibility index (Phi) is 64.2. The molecule has 0 fully saturated rings. The Morgan fingerprint density at radius 3 is 1.00 bits per heavy atom. The first-order valence-corrected chi connectivity index (χ1v) is 38.3. The molecule has 83 heavy (non-hydrogen) atoms. The van der Waals surface area contributed by atoms with E-state index >= 15 is 0 Å². The summed E-state index contributed by atoms with van der Waals surface area (Å²) in [6.45, 7) is 4.93. The average Bonchev–Trinajstić information content (AvgIpc) is 3.49. The van der Waals surface area contributed by atoms with E-state index in [-0.39, 0.29) is 19.1 Å². The van der Waals surface area contributed by atoms with Crippen molar-refractivity contribution >= 4 is 13.7 Å². The van der Waals surface area contributed by atoms with Crippen LogP contribution in [0.4, 0.5) is 0 Å². The molecule has 0 heterocycles. The number of aliphatic hydroxyl groups is 1. The third kappa shape index (κ3) is 68.1. The van der Waals surface area contributed by atoms with Gasteiger partial charge in [0.2, 0.25) is 5.91 Å². The van der Waals surface area contributed by atoms with Gasteiger partial charge in [0.1, 0.15) is 13.2 Å². The summed E-state index contributed by atoms with van der Waals surface area (Å²) in [4.78, 5) is 23.5. The second-order valence-corrected chi connectivity index (χ2v) is 28.1. The van der Waals surface area contributed by atoms with E-state index in [1.54, 1.807) is 0 Å². The SMILES string of the molecule is CCCCCCC/C=C\C/C=C\C/C=C\CCCCCCCCCCCCCCCCCCCCCCCCCCCCC(=O)NC(COP(=O)(O)OCC[N+](C)(C)C)C(O)CCCCCCCCCCCCCCCCCCCCCC. The van der Waals surface area contributed by atoms with Crippen LogP contribution in [-0.4, -0.2) is 73.4 Å². The summed E-state index contributed by atoms with van der Waals surface area (Å²) < 4.78 is 23.9. The number of rotatable bonds is 69. The number of phosphoric acid groups is 1. The van der Waals surface area contributed by atoms with Crippen LogP contribution in [0.5, 0.6) is 0 Å². The molecule has 0 aliphatic heterocycles. The molecule has 0 saturated heterocycles. The Bertz CT molecular complexity index is 1450. The summed E-state index contributed by atoms with van der Waals surface area (Å²) in [5.74, 6) is -0.135. The van der Waals surface area contributed by atoms with E-state index in [2.05, 4.69) is 55.6 Å². The summed E-state index contributed by atoms with van der Waals surface area (Å²) in [5.41, 5.74) is 0. The summed E-state index contributed by atoms with van der Waals surface area (Å²) >= 11 is 0. The van der Waals surface area contributed by atoms with Crippen LogP contribution in [-0.2, 0) is 18.4 Å². The highest BCUT2D eigenvalue weighted by Crippen LogP contribution is 2.43. The molecule has 0 rings (SSSR count). The molecule has 0 radical (unpaired) electrons. The smallest absolute Gasteiger partial charge is 0.391 e. The minimum Gasteiger partial charge on any atom is -0.391 e. The predicted molar refractivity (Wildman–Crippen MR) is 365 cm³/mol. The van der Waals surface area contributed by atoms with Gasteiger partial charge in [-0.25, -0.2) is 4.57 Å². The van der Waals surface area contributed by atoms with Crippen molar-refractivity contribution in [3.8, 4) is 0 Å². The second-order valence-electron chi connectivity index (χ2n) is 26.7. The van der Waals surface area contributed by atoms with Crippen molar-refractivity contribution in [2.24, 2.45) is 0 Å². The number of unbranched alkanes of at least 4 members (excludes halogenated alkanes) is 50.